The van der Waals surface area contributed by atoms with Crippen molar-refractivity contribution in [3.05, 3.63) is 0 Å². The number of rotatable bonds is 13. The van der Waals surface area contributed by atoms with Crippen molar-refractivity contribution in [2.24, 2.45) is 52.3 Å². The lowest BCUT2D eigenvalue weighted by atomic mass is 9.44. The summed E-state index contributed by atoms with van der Waals surface area (Å²) >= 11 is 0. The summed E-state index contributed by atoms with van der Waals surface area (Å²) in [5, 5.41) is 165. The van der Waals surface area contributed by atoms with Crippen molar-refractivity contribution in [3.63, 3.8) is 0 Å². The molecule has 27 heteroatoms. The third-order valence-electron chi connectivity index (χ3n) is 22.1. The molecular formula is C56H92O27. The van der Waals surface area contributed by atoms with Crippen molar-refractivity contribution in [1.82, 2.24) is 0 Å². The van der Waals surface area contributed by atoms with Crippen LogP contribution in [0.15, 0.2) is 0 Å². The minimum Gasteiger partial charge on any atom is -0.394 e. The zero-order valence-electron chi connectivity index (χ0n) is 47.6. The number of hydrogen-bond acceptors (Lipinski definition) is 27. The average Bonchev–Trinajstić information content (AvgIpc) is 3.79. The van der Waals surface area contributed by atoms with Gasteiger partial charge >= 0.3 is 0 Å². The van der Waals surface area contributed by atoms with Gasteiger partial charge in [-0.2, -0.15) is 0 Å². The van der Waals surface area contributed by atoms with Crippen molar-refractivity contribution >= 4 is 0 Å². The molecule has 27 nitrogen and oxygen atoms in total. The molecule has 7 saturated heterocycles. The molecule has 478 valence electrons. The Labute approximate surface area is 481 Å². The second kappa shape index (κ2) is 24.6. The lowest BCUT2D eigenvalue weighted by Crippen LogP contribution is -2.68. The lowest BCUT2D eigenvalue weighted by molar-refractivity contribution is -0.406. The van der Waals surface area contributed by atoms with E-state index in [1.54, 1.807) is 0 Å². The van der Waals surface area contributed by atoms with Gasteiger partial charge in [0.1, 0.15) is 110 Å². The molecule has 0 bridgehead atoms. The van der Waals surface area contributed by atoms with Gasteiger partial charge < -0.3 is 133 Å². The summed E-state index contributed by atoms with van der Waals surface area (Å²) in [4.78, 5) is 0. The van der Waals surface area contributed by atoms with E-state index in [2.05, 4.69) is 27.7 Å². The molecule has 4 aliphatic carbocycles. The standard InChI is InChI=1S/C56H92O27/c1-20-8-11-56(73-18-20)21(2)34-29(83-56)13-26-24-7-6-23-12-28(27(60)14-55(23,5)25(24)9-10-54(26,34)4)75-51-45(71)41(67)46(32(17-59)78-51)80-53-48(82-52-44(70)40(66)36(62)30(15-57)76-52)47(38(64)31(16-58)77-53)81-49-42(68)37(63)33(19-72-49)79-50-43(69)39(65)35(61)22(3)74-50/h20-53,57-71H,6-19H2,1-5H3. The van der Waals surface area contributed by atoms with Crippen LogP contribution in [0.5, 0.6) is 0 Å². The van der Waals surface area contributed by atoms with Crippen molar-refractivity contribution in [1.29, 1.82) is 0 Å². The van der Waals surface area contributed by atoms with E-state index in [0.717, 1.165) is 51.6 Å². The van der Waals surface area contributed by atoms with Gasteiger partial charge in [0.15, 0.2) is 37.2 Å². The van der Waals surface area contributed by atoms with Gasteiger partial charge in [-0.05, 0) is 105 Å². The van der Waals surface area contributed by atoms with Crippen LogP contribution >= 0.6 is 0 Å². The summed E-state index contributed by atoms with van der Waals surface area (Å²) in [5.41, 5.74) is -0.104. The minimum absolute atomic E-state index is 0.110. The van der Waals surface area contributed by atoms with Crippen molar-refractivity contribution in [2.45, 2.75) is 264 Å². The normalized spacial score (nSPS) is 58.3. The van der Waals surface area contributed by atoms with Crippen LogP contribution in [0.2, 0.25) is 0 Å². The minimum atomic E-state index is -2.08. The Bertz CT molecular complexity index is 2160. The molecule has 0 aromatic rings. The summed E-state index contributed by atoms with van der Waals surface area (Å²) in [5.74, 6) is 2.18. The number of aliphatic hydroxyl groups excluding tert-OH is 15. The van der Waals surface area contributed by atoms with Crippen LogP contribution in [0.1, 0.15) is 92.4 Å². The van der Waals surface area contributed by atoms with Crippen LogP contribution < -0.4 is 0 Å². The average molecular weight is 1200 g/mol. The quantitative estimate of drug-likeness (QED) is 0.0774. The Hall–Kier alpha value is -1.08. The lowest BCUT2D eigenvalue weighted by Gasteiger charge is -2.62. The molecule has 15 N–H and O–H groups in total. The maximum atomic E-state index is 12.0. The molecular weight excluding hydrogens is 1100 g/mol. The topological polar surface area (TPSA) is 414 Å². The van der Waals surface area contributed by atoms with Crippen LogP contribution in [0.25, 0.3) is 0 Å². The number of aliphatic hydroxyl groups is 15. The van der Waals surface area contributed by atoms with Gasteiger partial charge in [0, 0.05) is 12.3 Å². The fourth-order valence-corrected chi connectivity index (χ4v) is 17.3. The van der Waals surface area contributed by atoms with Gasteiger partial charge in [-0.25, -0.2) is 0 Å². The SMILES string of the molecule is CC1CCC2(OC1)OC1CC3C4CCC5CC(OC6OC(CO)C(OC7OC(CO)C(O)C(OC8OCC(OC9OC(C)C(O)C(O)C9O)C(O)C8O)C7OC7OC(CO)C(O)C(O)C7O)C(O)C6O)C(O)CC5(C)C4CCC3(C)C1C2C. The predicted octanol–water partition coefficient (Wildman–Crippen LogP) is -4.45. The first-order valence-corrected chi connectivity index (χ1v) is 30.2. The van der Waals surface area contributed by atoms with Gasteiger partial charge in [-0.1, -0.05) is 27.7 Å². The molecule has 11 rings (SSSR count). The Morgan fingerprint density at radius 3 is 1.75 bits per heavy atom. The van der Waals surface area contributed by atoms with E-state index in [9.17, 15) is 76.6 Å². The highest BCUT2D eigenvalue weighted by atomic mass is 16.8. The zero-order chi connectivity index (χ0) is 59.5. The first-order valence-electron chi connectivity index (χ1n) is 30.2. The Kier molecular flexibility index (Phi) is 18.8. The molecule has 7 heterocycles. The summed E-state index contributed by atoms with van der Waals surface area (Å²) in [7, 11) is 0. The Morgan fingerprint density at radius 1 is 0.470 bits per heavy atom. The van der Waals surface area contributed by atoms with E-state index < -0.39 is 192 Å². The van der Waals surface area contributed by atoms with Crippen LogP contribution in [-0.4, -0.2) is 281 Å². The highest BCUT2D eigenvalue weighted by Crippen LogP contribution is 2.71. The first kappa shape index (κ1) is 63.5. The highest BCUT2D eigenvalue weighted by Gasteiger charge is 2.70. The van der Waals surface area contributed by atoms with Crippen molar-refractivity contribution in [3.8, 4) is 0 Å². The molecule has 0 amide bonds. The monoisotopic (exact) mass is 1200 g/mol. The summed E-state index contributed by atoms with van der Waals surface area (Å²) in [6, 6.07) is 0. The van der Waals surface area contributed by atoms with E-state index in [-0.39, 0.29) is 22.9 Å². The van der Waals surface area contributed by atoms with Gasteiger partial charge in [-0.3, -0.25) is 0 Å². The smallest absolute Gasteiger partial charge is 0.187 e. The van der Waals surface area contributed by atoms with E-state index >= 15 is 0 Å². The molecule has 37 unspecified atom stereocenters. The van der Waals surface area contributed by atoms with E-state index in [1.807, 2.05) is 0 Å². The number of fused-ring (bicyclic) bond motifs is 7. The first-order chi connectivity index (χ1) is 39.4. The van der Waals surface area contributed by atoms with Crippen LogP contribution in [-0.2, 0) is 56.8 Å². The van der Waals surface area contributed by atoms with Crippen molar-refractivity contribution < 1.29 is 133 Å². The molecule has 0 radical (unpaired) electrons. The van der Waals surface area contributed by atoms with E-state index in [0.29, 0.717) is 48.3 Å². The summed E-state index contributed by atoms with van der Waals surface area (Å²) < 4.78 is 73.1. The summed E-state index contributed by atoms with van der Waals surface area (Å²) in [6.07, 6.45) is -36.3. The Balaban J connectivity index is 0.770. The molecule has 11 aliphatic rings. The van der Waals surface area contributed by atoms with Crippen LogP contribution in [0.3, 0.4) is 0 Å². The second-order valence-electron chi connectivity index (χ2n) is 26.8. The summed E-state index contributed by atoms with van der Waals surface area (Å²) in [6.45, 7) is 8.18. The van der Waals surface area contributed by atoms with Gasteiger partial charge in [-0.15, -0.1) is 0 Å². The molecule has 0 aromatic carbocycles. The number of ether oxygens (including phenoxy) is 12. The Morgan fingerprint density at radius 2 is 1.06 bits per heavy atom. The van der Waals surface area contributed by atoms with E-state index in [4.69, 9.17) is 56.8 Å². The van der Waals surface area contributed by atoms with Crippen LogP contribution in [0, 0.1) is 52.3 Å². The molecule has 4 saturated carbocycles. The van der Waals surface area contributed by atoms with E-state index in [1.165, 1.54) is 6.92 Å². The van der Waals surface area contributed by atoms with Gasteiger partial charge in [0.25, 0.3) is 0 Å². The van der Waals surface area contributed by atoms with Crippen molar-refractivity contribution in [2.75, 3.05) is 33.0 Å². The second-order valence-corrected chi connectivity index (χ2v) is 26.8. The van der Waals surface area contributed by atoms with Crippen LogP contribution in [0.4, 0.5) is 0 Å². The zero-order valence-corrected chi connectivity index (χ0v) is 47.6. The highest BCUT2D eigenvalue weighted by molar-refractivity contribution is 5.16. The third-order valence-corrected chi connectivity index (χ3v) is 22.1. The fourth-order valence-electron chi connectivity index (χ4n) is 17.3. The molecule has 37 atom stereocenters. The molecule has 83 heavy (non-hydrogen) atoms. The van der Waals surface area contributed by atoms with Gasteiger partial charge in [0.2, 0.25) is 0 Å². The molecule has 11 fully saturated rings. The maximum Gasteiger partial charge on any atom is 0.187 e. The third kappa shape index (κ3) is 11.1. The maximum absolute atomic E-state index is 12.0. The molecule has 7 aliphatic heterocycles. The largest absolute Gasteiger partial charge is 0.394 e. The van der Waals surface area contributed by atoms with Gasteiger partial charge in [0.05, 0.1) is 57.5 Å². The number of hydrogen-bond donors (Lipinski definition) is 15. The molecule has 0 aromatic heterocycles. The fraction of sp³-hybridized carbons (Fsp3) is 1.00. The molecule has 1 spiro atoms. The predicted molar refractivity (Wildman–Crippen MR) is 275 cm³/mol.